The molecule has 0 radical (unpaired) electrons. The van der Waals surface area contributed by atoms with Crippen molar-refractivity contribution in [2.45, 2.75) is 24.8 Å². The van der Waals surface area contributed by atoms with E-state index in [9.17, 15) is 9.32 Å². The largest absolute Gasteiger partial charge is 0.390 e. The molecule has 92 valence electrons. The summed E-state index contributed by atoms with van der Waals surface area (Å²) in [6, 6.07) is 1.82. The average Bonchev–Trinajstić information content (AvgIpc) is 2.70. The van der Waals surface area contributed by atoms with Crippen molar-refractivity contribution >= 4 is 10.8 Å². The van der Waals surface area contributed by atoms with E-state index in [-0.39, 0.29) is 5.25 Å². The third-order valence-electron chi connectivity index (χ3n) is 2.34. The van der Waals surface area contributed by atoms with E-state index >= 15 is 0 Å². The summed E-state index contributed by atoms with van der Waals surface area (Å²) in [7, 11) is -0.818. The lowest BCUT2D eigenvalue weighted by Gasteiger charge is -2.14. The maximum atomic E-state index is 11.1. The first-order chi connectivity index (χ1) is 7.59. The highest BCUT2D eigenvalue weighted by molar-refractivity contribution is 7.84. The molecule has 0 saturated carbocycles. The number of hydrogen-bond acceptors (Lipinski definition) is 4. The van der Waals surface area contributed by atoms with E-state index < -0.39 is 16.9 Å². The summed E-state index contributed by atoms with van der Waals surface area (Å²) in [4.78, 5) is 0. The zero-order valence-corrected chi connectivity index (χ0v) is 10.5. The molecule has 1 aromatic rings. The predicted octanol–water partition coefficient (Wildman–Crippen LogP) is -0.399. The van der Waals surface area contributed by atoms with Gasteiger partial charge in [0.25, 0.3) is 0 Å². The summed E-state index contributed by atoms with van der Waals surface area (Å²) in [5.74, 6) is 0. The maximum absolute atomic E-state index is 11.1. The minimum atomic E-state index is -0.818. The third kappa shape index (κ3) is 4.87. The Hall–Kier alpha value is -0.720. The number of hydrogen-bond donors (Lipinski definition) is 2. The topological polar surface area (TPSA) is 67.2 Å². The van der Waals surface area contributed by atoms with Crippen LogP contribution in [-0.2, 0) is 17.3 Å². The van der Waals surface area contributed by atoms with Gasteiger partial charge in [0.15, 0.2) is 0 Å². The Bertz CT molecular complexity index is 316. The minimum Gasteiger partial charge on any atom is -0.390 e. The Morgan fingerprint density at radius 1 is 1.56 bits per heavy atom. The molecular formula is C10H19N3O2S. The van der Waals surface area contributed by atoms with Crippen molar-refractivity contribution in [3.63, 3.8) is 0 Å². The lowest BCUT2D eigenvalue weighted by atomic mass is 10.3. The van der Waals surface area contributed by atoms with Crippen molar-refractivity contribution in [3.05, 3.63) is 18.5 Å². The van der Waals surface area contributed by atoms with Gasteiger partial charge in [0, 0.05) is 47.8 Å². The van der Waals surface area contributed by atoms with Gasteiger partial charge in [0.05, 0.1) is 12.6 Å². The SMILES string of the molecule is CC(CNCC(O)Cn1cccn1)S(C)=O. The number of nitrogens with one attached hydrogen (secondary N) is 1. The molecule has 0 spiro atoms. The molecule has 3 unspecified atom stereocenters. The molecule has 1 aromatic heterocycles. The number of aliphatic hydroxyl groups excluding tert-OH is 1. The molecular weight excluding hydrogens is 226 g/mol. The van der Waals surface area contributed by atoms with Gasteiger partial charge in [-0.05, 0) is 13.0 Å². The van der Waals surface area contributed by atoms with Crippen molar-refractivity contribution in [3.8, 4) is 0 Å². The zero-order chi connectivity index (χ0) is 12.0. The molecule has 1 heterocycles. The number of nitrogens with zero attached hydrogens (tertiary/aromatic N) is 2. The second-order valence-electron chi connectivity index (χ2n) is 3.85. The van der Waals surface area contributed by atoms with Crippen LogP contribution in [0.2, 0.25) is 0 Å². The van der Waals surface area contributed by atoms with Crippen LogP contribution in [-0.4, -0.2) is 49.8 Å². The van der Waals surface area contributed by atoms with Crippen molar-refractivity contribution in [1.29, 1.82) is 0 Å². The molecule has 0 bridgehead atoms. The summed E-state index contributed by atoms with van der Waals surface area (Å²) in [6.45, 7) is 3.53. The highest BCUT2D eigenvalue weighted by atomic mass is 32.2. The third-order valence-corrected chi connectivity index (χ3v) is 3.64. The van der Waals surface area contributed by atoms with Crippen molar-refractivity contribution < 1.29 is 9.32 Å². The van der Waals surface area contributed by atoms with E-state index in [1.807, 2.05) is 19.2 Å². The molecule has 0 aliphatic rings. The Morgan fingerprint density at radius 2 is 2.31 bits per heavy atom. The maximum Gasteiger partial charge on any atom is 0.0860 e. The molecule has 5 nitrogen and oxygen atoms in total. The average molecular weight is 245 g/mol. The monoisotopic (exact) mass is 245 g/mol. The van der Waals surface area contributed by atoms with Gasteiger partial charge in [-0.15, -0.1) is 0 Å². The van der Waals surface area contributed by atoms with E-state index in [1.165, 1.54) is 0 Å². The van der Waals surface area contributed by atoms with Crippen LogP contribution in [0.15, 0.2) is 18.5 Å². The van der Waals surface area contributed by atoms with E-state index in [0.717, 1.165) is 0 Å². The van der Waals surface area contributed by atoms with Crippen LogP contribution in [0.3, 0.4) is 0 Å². The highest BCUT2D eigenvalue weighted by Crippen LogP contribution is 1.92. The molecule has 1 rings (SSSR count). The summed E-state index contributed by atoms with van der Waals surface area (Å²) in [5.41, 5.74) is 0. The lowest BCUT2D eigenvalue weighted by molar-refractivity contribution is 0.147. The summed E-state index contributed by atoms with van der Waals surface area (Å²) < 4.78 is 12.8. The smallest absolute Gasteiger partial charge is 0.0860 e. The molecule has 0 aromatic carbocycles. The Kier molecular flexibility index (Phi) is 5.65. The first-order valence-corrected chi connectivity index (χ1v) is 6.90. The minimum absolute atomic E-state index is 0.108. The number of rotatable bonds is 7. The van der Waals surface area contributed by atoms with E-state index in [4.69, 9.17) is 0 Å². The fourth-order valence-electron chi connectivity index (χ4n) is 1.26. The van der Waals surface area contributed by atoms with Crippen LogP contribution in [0.4, 0.5) is 0 Å². The zero-order valence-electron chi connectivity index (χ0n) is 9.67. The van der Waals surface area contributed by atoms with E-state index in [0.29, 0.717) is 19.6 Å². The van der Waals surface area contributed by atoms with Gasteiger partial charge < -0.3 is 10.4 Å². The van der Waals surface area contributed by atoms with E-state index in [1.54, 1.807) is 17.1 Å². The fraction of sp³-hybridized carbons (Fsp3) is 0.700. The Balaban J connectivity index is 2.15. The summed E-state index contributed by atoms with van der Waals surface area (Å²) >= 11 is 0. The van der Waals surface area contributed by atoms with Crippen molar-refractivity contribution in [2.24, 2.45) is 0 Å². The van der Waals surface area contributed by atoms with E-state index in [2.05, 4.69) is 10.4 Å². The molecule has 2 N–H and O–H groups in total. The molecule has 0 amide bonds. The van der Waals surface area contributed by atoms with Crippen LogP contribution < -0.4 is 5.32 Å². The molecule has 3 atom stereocenters. The van der Waals surface area contributed by atoms with Crippen molar-refractivity contribution in [2.75, 3.05) is 19.3 Å². The Labute approximate surface area is 98.3 Å². The molecule has 0 saturated heterocycles. The number of aromatic nitrogens is 2. The Morgan fingerprint density at radius 3 is 2.88 bits per heavy atom. The molecule has 16 heavy (non-hydrogen) atoms. The van der Waals surface area contributed by atoms with Gasteiger partial charge in [-0.25, -0.2) is 0 Å². The molecule has 0 aliphatic carbocycles. The van der Waals surface area contributed by atoms with Crippen LogP contribution >= 0.6 is 0 Å². The van der Waals surface area contributed by atoms with Gasteiger partial charge in [0.1, 0.15) is 0 Å². The lowest BCUT2D eigenvalue weighted by Crippen LogP contribution is -2.35. The first-order valence-electron chi connectivity index (χ1n) is 5.28. The molecule has 0 aliphatic heterocycles. The fourth-order valence-corrected chi connectivity index (χ4v) is 1.61. The molecule has 0 fully saturated rings. The van der Waals surface area contributed by atoms with Crippen LogP contribution in [0, 0.1) is 0 Å². The quantitative estimate of drug-likeness (QED) is 0.686. The van der Waals surface area contributed by atoms with Crippen LogP contribution in [0.5, 0.6) is 0 Å². The normalized spacial score (nSPS) is 16.9. The molecule has 6 heteroatoms. The number of aliphatic hydroxyl groups is 1. The predicted molar refractivity (Wildman–Crippen MR) is 64.6 cm³/mol. The van der Waals surface area contributed by atoms with Gasteiger partial charge in [-0.2, -0.15) is 5.10 Å². The standard InChI is InChI=1S/C10H19N3O2S/c1-9(16(2)15)6-11-7-10(14)8-13-5-3-4-12-13/h3-5,9-11,14H,6-8H2,1-2H3. The second kappa shape index (κ2) is 6.78. The first kappa shape index (κ1) is 13.3. The van der Waals surface area contributed by atoms with Crippen LogP contribution in [0.25, 0.3) is 0 Å². The van der Waals surface area contributed by atoms with Crippen LogP contribution in [0.1, 0.15) is 6.92 Å². The summed E-state index contributed by atoms with van der Waals surface area (Å²) in [6.07, 6.45) is 4.71. The van der Waals surface area contributed by atoms with Gasteiger partial charge in [-0.3, -0.25) is 8.89 Å². The highest BCUT2D eigenvalue weighted by Gasteiger charge is 2.08. The summed E-state index contributed by atoms with van der Waals surface area (Å²) in [5, 5.41) is 16.9. The van der Waals surface area contributed by atoms with Gasteiger partial charge in [0.2, 0.25) is 0 Å². The second-order valence-corrected chi connectivity index (χ2v) is 5.65. The van der Waals surface area contributed by atoms with Gasteiger partial charge >= 0.3 is 0 Å². The van der Waals surface area contributed by atoms with Gasteiger partial charge in [-0.1, -0.05) is 0 Å². The van der Waals surface area contributed by atoms with Crippen molar-refractivity contribution in [1.82, 2.24) is 15.1 Å².